The van der Waals surface area contributed by atoms with Crippen molar-refractivity contribution in [1.29, 1.82) is 0 Å². The Morgan fingerprint density at radius 1 is 1.30 bits per heavy atom. The van der Waals surface area contributed by atoms with Crippen LogP contribution in [-0.4, -0.2) is 15.0 Å². The molecule has 5 heteroatoms. The van der Waals surface area contributed by atoms with Crippen LogP contribution in [0.15, 0.2) is 17.0 Å². The zero-order valence-corrected chi connectivity index (χ0v) is 13.3. The predicted octanol–water partition coefficient (Wildman–Crippen LogP) is 2.60. The van der Waals surface area contributed by atoms with Crippen LogP contribution in [0.4, 0.5) is 5.69 Å². The van der Waals surface area contributed by atoms with Gasteiger partial charge in [-0.05, 0) is 49.3 Å². The van der Waals surface area contributed by atoms with Crippen molar-refractivity contribution in [3.05, 3.63) is 23.3 Å². The molecule has 1 aromatic rings. The van der Waals surface area contributed by atoms with Crippen LogP contribution in [-0.2, 0) is 10.0 Å². The molecule has 0 aliphatic heterocycles. The normalized spacial score (nSPS) is 23.1. The average Bonchev–Trinajstić information content (AvgIpc) is 2.77. The van der Waals surface area contributed by atoms with Gasteiger partial charge in [0.1, 0.15) is 0 Å². The first kappa shape index (κ1) is 15.3. The number of hydrogen-bond acceptors (Lipinski definition) is 3. The number of rotatable bonds is 4. The largest absolute Gasteiger partial charge is 0.398 e. The highest BCUT2D eigenvalue weighted by molar-refractivity contribution is 7.89. The number of hydrogen-bond donors (Lipinski definition) is 2. The molecular weight excluding hydrogens is 272 g/mol. The zero-order chi connectivity index (χ0) is 14.9. The van der Waals surface area contributed by atoms with Crippen LogP contribution in [0.3, 0.4) is 0 Å². The third-order valence-electron chi connectivity index (χ3n) is 4.49. The molecule has 1 saturated carbocycles. The molecule has 2 rings (SSSR count). The number of anilines is 1. The summed E-state index contributed by atoms with van der Waals surface area (Å²) < 4.78 is 27.8. The molecule has 1 aliphatic rings. The number of sulfonamides is 1. The lowest BCUT2D eigenvalue weighted by atomic mass is 9.99. The Kier molecular flexibility index (Phi) is 4.39. The van der Waals surface area contributed by atoms with E-state index in [1.54, 1.807) is 26.0 Å². The minimum atomic E-state index is -3.49. The van der Waals surface area contributed by atoms with E-state index in [2.05, 4.69) is 11.6 Å². The third-order valence-corrected chi connectivity index (χ3v) is 6.20. The highest BCUT2D eigenvalue weighted by Gasteiger charge is 2.26. The first-order valence-electron chi connectivity index (χ1n) is 7.18. The molecule has 0 amide bonds. The molecule has 0 aromatic heterocycles. The summed E-state index contributed by atoms with van der Waals surface area (Å²) in [6, 6.07) is 3.51. The molecule has 0 saturated heterocycles. The second kappa shape index (κ2) is 5.74. The van der Waals surface area contributed by atoms with Gasteiger partial charge in [0.05, 0.1) is 4.90 Å². The van der Waals surface area contributed by atoms with E-state index in [1.807, 2.05) is 0 Å². The van der Waals surface area contributed by atoms with Gasteiger partial charge in [0.2, 0.25) is 10.0 Å². The van der Waals surface area contributed by atoms with Crippen molar-refractivity contribution in [2.24, 2.45) is 11.8 Å². The monoisotopic (exact) mass is 296 g/mol. The second-order valence-corrected chi connectivity index (χ2v) is 7.65. The topological polar surface area (TPSA) is 72.2 Å². The summed E-state index contributed by atoms with van der Waals surface area (Å²) in [5.41, 5.74) is 7.73. The molecule has 0 bridgehead atoms. The number of nitrogens with one attached hydrogen (secondary N) is 1. The number of nitrogen functional groups attached to an aromatic ring is 1. The third kappa shape index (κ3) is 2.99. The number of aryl methyl sites for hydroxylation is 1. The summed E-state index contributed by atoms with van der Waals surface area (Å²) in [4.78, 5) is 0.336. The Balaban J connectivity index is 2.21. The molecule has 1 fully saturated rings. The maximum atomic E-state index is 12.5. The highest BCUT2D eigenvalue weighted by Crippen LogP contribution is 2.31. The fourth-order valence-electron chi connectivity index (χ4n) is 3.07. The summed E-state index contributed by atoms with van der Waals surface area (Å²) in [5, 5.41) is 0. The summed E-state index contributed by atoms with van der Waals surface area (Å²) in [7, 11) is -3.49. The van der Waals surface area contributed by atoms with Crippen molar-refractivity contribution in [2.45, 2.75) is 44.9 Å². The van der Waals surface area contributed by atoms with Crippen molar-refractivity contribution in [1.82, 2.24) is 4.72 Å². The van der Waals surface area contributed by atoms with Crippen molar-refractivity contribution >= 4 is 15.7 Å². The number of nitrogens with two attached hydrogens (primary N) is 1. The molecule has 2 unspecified atom stereocenters. The molecule has 3 N–H and O–H groups in total. The fraction of sp³-hybridized carbons (Fsp3) is 0.600. The van der Waals surface area contributed by atoms with E-state index in [1.165, 1.54) is 12.8 Å². The summed E-state index contributed by atoms with van der Waals surface area (Å²) in [6.07, 6.45) is 3.51. The Morgan fingerprint density at radius 3 is 2.60 bits per heavy atom. The molecular formula is C15H24N2O2S. The van der Waals surface area contributed by atoms with Crippen LogP contribution in [0.5, 0.6) is 0 Å². The van der Waals surface area contributed by atoms with E-state index in [-0.39, 0.29) is 0 Å². The lowest BCUT2D eigenvalue weighted by Crippen LogP contribution is -2.31. The van der Waals surface area contributed by atoms with Crippen LogP contribution in [0.1, 0.15) is 37.3 Å². The van der Waals surface area contributed by atoms with Crippen LogP contribution in [0.25, 0.3) is 0 Å². The van der Waals surface area contributed by atoms with Gasteiger partial charge < -0.3 is 5.73 Å². The van der Waals surface area contributed by atoms with Crippen molar-refractivity contribution in [3.8, 4) is 0 Å². The van der Waals surface area contributed by atoms with Gasteiger partial charge in [0.15, 0.2) is 0 Å². The van der Waals surface area contributed by atoms with E-state index in [0.717, 1.165) is 12.0 Å². The molecule has 2 atom stereocenters. The van der Waals surface area contributed by atoms with Gasteiger partial charge in [-0.2, -0.15) is 0 Å². The van der Waals surface area contributed by atoms with Gasteiger partial charge in [0, 0.05) is 12.2 Å². The first-order valence-corrected chi connectivity index (χ1v) is 8.66. The van der Waals surface area contributed by atoms with E-state index in [0.29, 0.717) is 34.5 Å². The van der Waals surface area contributed by atoms with Gasteiger partial charge in [-0.25, -0.2) is 13.1 Å². The maximum absolute atomic E-state index is 12.5. The van der Waals surface area contributed by atoms with Crippen LogP contribution < -0.4 is 10.5 Å². The van der Waals surface area contributed by atoms with E-state index >= 15 is 0 Å². The van der Waals surface area contributed by atoms with Crippen LogP contribution in [0, 0.1) is 25.7 Å². The van der Waals surface area contributed by atoms with E-state index in [4.69, 9.17) is 5.73 Å². The Bertz CT molecular complexity index is 596. The summed E-state index contributed by atoms with van der Waals surface area (Å²) >= 11 is 0. The highest BCUT2D eigenvalue weighted by atomic mass is 32.2. The van der Waals surface area contributed by atoms with Gasteiger partial charge in [0.25, 0.3) is 0 Å². The van der Waals surface area contributed by atoms with Crippen LogP contribution >= 0.6 is 0 Å². The molecule has 0 radical (unpaired) electrons. The maximum Gasteiger partial charge on any atom is 0.241 e. The van der Waals surface area contributed by atoms with E-state index in [9.17, 15) is 8.42 Å². The minimum Gasteiger partial charge on any atom is -0.398 e. The molecule has 20 heavy (non-hydrogen) atoms. The second-order valence-electron chi connectivity index (χ2n) is 5.95. The minimum absolute atomic E-state index is 0.336. The van der Waals surface area contributed by atoms with Crippen molar-refractivity contribution < 1.29 is 8.42 Å². The lowest BCUT2D eigenvalue weighted by molar-refractivity contribution is 0.414. The Hall–Kier alpha value is -1.07. The average molecular weight is 296 g/mol. The molecule has 0 heterocycles. The van der Waals surface area contributed by atoms with E-state index < -0.39 is 10.0 Å². The van der Waals surface area contributed by atoms with Crippen molar-refractivity contribution in [3.63, 3.8) is 0 Å². The van der Waals surface area contributed by atoms with Gasteiger partial charge >= 0.3 is 0 Å². The summed E-state index contributed by atoms with van der Waals surface area (Å²) in [5.74, 6) is 1.05. The van der Waals surface area contributed by atoms with Gasteiger partial charge in [-0.1, -0.05) is 25.8 Å². The Morgan fingerprint density at radius 2 is 2.00 bits per heavy atom. The quantitative estimate of drug-likeness (QED) is 0.839. The Labute approximate surface area is 121 Å². The SMILES string of the molecule is Cc1ccc(N)c(C)c1S(=O)(=O)NCC1CCCC1C. The fourth-order valence-corrected chi connectivity index (χ4v) is 4.66. The zero-order valence-electron chi connectivity index (χ0n) is 12.4. The smallest absolute Gasteiger partial charge is 0.241 e. The van der Waals surface area contributed by atoms with Crippen molar-refractivity contribution in [2.75, 3.05) is 12.3 Å². The molecule has 0 spiro atoms. The lowest BCUT2D eigenvalue weighted by Gasteiger charge is -2.18. The standard InChI is InChI=1S/C15H24N2O2S/c1-10-5-4-6-13(10)9-17-20(18,19)15-11(2)7-8-14(16)12(15)3/h7-8,10,13,17H,4-6,9,16H2,1-3H3. The van der Waals surface area contributed by atoms with Crippen LogP contribution in [0.2, 0.25) is 0 Å². The summed E-state index contributed by atoms with van der Waals surface area (Å²) in [6.45, 7) is 6.29. The molecule has 1 aliphatic carbocycles. The molecule has 1 aromatic carbocycles. The first-order chi connectivity index (χ1) is 9.33. The van der Waals surface area contributed by atoms with Gasteiger partial charge in [-0.15, -0.1) is 0 Å². The molecule has 4 nitrogen and oxygen atoms in total. The molecule has 112 valence electrons. The predicted molar refractivity (Wildman–Crippen MR) is 82.0 cm³/mol. The van der Waals surface area contributed by atoms with Gasteiger partial charge in [-0.3, -0.25) is 0 Å². The number of benzene rings is 1.